The summed E-state index contributed by atoms with van der Waals surface area (Å²) in [6.07, 6.45) is -2.46. The van der Waals surface area contributed by atoms with Crippen molar-refractivity contribution in [3.05, 3.63) is 71.8 Å². The third-order valence-electron chi connectivity index (χ3n) is 5.32. The fraction of sp³-hybridized carbons (Fsp3) is 0.462. The van der Waals surface area contributed by atoms with Gasteiger partial charge < -0.3 is 20.3 Å². The highest BCUT2D eigenvalue weighted by Gasteiger charge is 2.36. The molecular formula is C26H37N3O5. The van der Waals surface area contributed by atoms with Gasteiger partial charge in [0.05, 0.1) is 17.7 Å². The number of carbonyl (C=O) groups is 2. The predicted molar refractivity (Wildman–Crippen MR) is 131 cm³/mol. The number of aliphatic hydroxyl groups is 1. The molecule has 8 nitrogen and oxygen atoms in total. The zero-order valence-electron chi connectivity index (χ0n) is 20.6. The highest BCUT2D eigenvalue weighted by Crippen LogP contribution is 2.20. The van der Waals surface area contributed by atoms with Crippen LogP contribution in [0.4, 0.5) is 9.59 Å². The van der Waals surface area contributed by atoms with Gasteiger partial charge in [-0.3, -0.25) is 0 Å². The van der Waals surface area contributed by atoms with Crippen LogP contribution in [0, 0.1) is 0 Å². The van der Waals surface area contributed by atoms with Crippen molar-refractivity contribution in [1.82, 2.24) is 15.3 Å². The summed E-state index contributed by atoms with van der Waals surface area (Å²) in [6, 6.07) is 17.9. The predicted octanol–water partition coefficient (Wildman–Crippen LogP) is 4.29. The molecule has 2 atom stereocenters. The number of ether oxygens (including phenoxy) is 1. The molecule has 2 aromatic rings. The molecular weight excluding hydrogens is 434 g/mol. The Morgan fingerprint density at radius 3 is 1.97 bits per heavy atom. The van der Waals surface area contributed by atoms with Crippen LogP contribution in [0.5, 0.6) is 0 Å². The van der Waals surface area contributed by atoms with Gasteiger partial charge in [0, 0.05) is 12.6 Å². The Morgan fingerprint density at radius 2 is 1.50 bits per heavy atom. The molecule has 2 rings (SSSR count). The van der Waals surface area contributed by atoms with E-state index >= 15 is 0 Å². The first-order valence-electron chi connectivity index (χ1n) is 11.5. The number of alkyl carbamates (subject to hydrolysis) is 1. The van der Waals surface area contributed by atoms with Crippen molar-refractivity contribution in [3.8, 4) is 0 Å². The Labute approximate surface area is 202 Å². The number of hydrogen-bond donors (Lipinski definition) is 3. The monoisotopic (exact) mass is 471 g/mol. The molecule has 0 aliphatic heterocycles. The van der Waals surface area contributed by atoms with Crippen molar-refractivity contribution in [2.45, 2.75) is 71.4 Å². The van der Waals surface area contributed by atoms with Gasteiger partial charge in [0.2, 0.25) is 0 Å². The van der Waals surface area contributed by atoms with E-state index in [1.807, 2.05) is 74.5 Å². The van der Waals surface area contributed by atoms with E-state index < -0.39 is 29.9 Å². The second-order valence-electron chi connectivity index (χ2n) is 9.55. The van der Waals surface area contributed by atoms with Crippen molar-refractivity contribution < 1.29 is 24.5 Å². The largest absolute Gasteiger partial charge is 0.464 e. The Balaban J connectivity index is 2.18. The van der Waals surface area contributed by atoms with Crippen LogP contribution < -0.4 is 5.32 Å². The van der Waals surface area contributed by atoms with Gasteiger partial charge in [0.15, 0.2) is 0 Å². The molecule has 0 unspecified atom stereocenters. The molecule has 0 fully saturated rings. The first kappa shape index (κ1) is 27.1. The summed E-state index contributed by atoms with van der Waals surface area (Å²) in [4.78, 5) is 24.6. The highest BCUT2D eigenvalue weighted by atomic mass is 16.5. The molecule has 0 aliphatic carbocycles. The maximum atomic E-state index is 12.6. The van der Waals surface area contributed by atoms with E-state index in [1.165, 1.54) is 5.01 Å². The molecule has 0 spiro atoms. The molecule has 0 aliphatic rings. The van der Waals surface area contributed by atoms with Crippen molar-refractivity contribution in [3.63, 3.8) is 0 Å². The molecule has 0 radical (unpaired) electrons. The van der Waals surface area contributed by atoms with Crippen molar-refractivity contribution in [2.24, 2.45) is 0 Å². The maximum absolute atomic E-state index is 12.6. The standard InChI is InChI=1S/C26H37N3O5/c1-19(2)28(29(25(32)33)26(3,4)5)17-23(30)22(16-20-12-8-6-9-13-20)27-24(31)34-18-21-14-10-7-11-15-21/h6-15,19,22-23,30H,16-18H2,1-5H3,(H,27,31)(H,32,33)/t22-,23+/m0/s1. The molecule has 186 valence electrons. The zero-order chi connectivity index (χ0) is 25.3. The SMILES string of the molecule is CC(C)N(C[C@@H](O)[C@H](Cc1ccccc1)NC(=O)OCc1ccccc1)N(C(=O)O)C(C)(C)C. The number of nitrogens with zero attached hydrogens (tertiary/aromatic N) is 2. The van der Waals surface area contributed by atoms with E-state index in [0.717, 1.165) is 11.1 Å². The van der Waals surface area contributed by atoms with Gasteiger partial charge in [-0.05, 0) is 52.2 Å². The molecule has 8 heteroatoms. The van der Waals surface area contributed by atoms with Crippen LogP contribution >= 0.6 is 0 Å². The minimum Gasteiger partial charge on any atom is -0.464 e. The number of hydrogen-bond acceptors (Lipinski definition) is 5. The average Bonchev–Trinajstić information content (AvgIpc) is 2.77. The first-order chi connectivity index (χ1) is 16.0. The van der Waals surface area contributed by atoms with Gasteiger partial charge in [-0.2, -0.15) is 0 Å². The van der Waals surface area contributed by atoms with Crippen LogP contribution in [-0.4, -0.2) is 62.7 Å². The van der Waals surface area contributed by atoms with E-state index in [9.17, 15) is 19.8 Å². The molecule has 0 bridgehead atoms. The van der Waals surface area contributed by atoms with E-state index in [2.05, 4.69) is 5.32 Å². The molecule has 0 saturated carbocycles. The molecule has 0 saturated heterocycles. The van der Waals surface area contributed by atoms with Crippen molar-refractivity contribution >= 4 is 12.2 Å². The third kappa shape index (κ3) is 8.35. The smallest absolute Gasteiger partial charge is 0.422 e. The van der Waals surface area contributed by atoms with E-state index in [0.29, 0.717) is 6.42 Å². The normalized spacial score (nSPS) is 13.4. The van der Waals surface area contributed by atoms with Gasteiger partial charge in [0.1, 0.15) is 6.61 Å². The van der Waals surface area contributed by atoms with Crippen molar-refractivity contribution in [1.29, 1.82) is 0 Å². The molecule has 2 amide bonds. The van der Waals surface area contributed by atoms with Gasteiger partial charge >= 0.3 is 12.2 Å². The fourth-order valence-corrected chi connectivity index (χ4v) is 3.69. The lowest BCUT2D eigenvalue weighted by atomic mass is 10.0. The zero-order valence-corrected chi connectivity index (χ0v) is 20.6. The lowest BCUT2D eigenvalue weighted by molar-refractivity contribution is -0.106. The number of amides is 2. The number of hydrazine groups is 1. The third-order valence-corrected chi connectivity index (χ3v) is 5.32. The lowest BCUT2D eigenvalue weighted by Gasteiger charge is -2.45. The summed E-state index contributed by atoms with van der Waals surface area (Å²) in [6.45, 7) is 9.23. The summed E-state index contributed by atoms with van der Waals surface area (Å²) >= 11 is 0. The number of rotatable bonds is 10. The number of aliphatic hydroxyl groups excluding tert-OH is 1. The quantitative estimate of drug-likeness (QED) is 0.447. The van der Waals surface area contributed by atoms with Crippen LogP contribution in [0.25, 0.3) is 0 Å². The molecule has 34 heavy (non-hydrogen) atoms. The molecule has 0 heterocycles. The Hall–Kier alpha value is -3.10. The summed E-state index contributed by atoms with van der Waals surface area (Å²) in [5.74, 6) is 0. The average molecular weight is 472 g/mol. The number of carboxylic acid groups (broad SMARTS) is 1. The van der Waals surface area contributed by atoms with Crippen LogP contribution in [0.15, 0.2) is 60.7 Å². The topological polar surface area (TPSA) is 102 Å². The van der Waals surface area contributed by atoms with E-state index in [-0.39, 0.29) is 19.2 Å². The number of benzene rings is 2. The minimum absolute atomic E-state index is 0.0116. The van der Waals surface area contributed by atoms with Gasteiger partial charge in [-0.25, -0.2) is 19.6 Å². The van der Waals surface area contributed by atoms with Gasteiger partial charge in [-0.15, -0.1) is 0 Å². The fourth-order valence-electron chi connectivity index (χ4n) is 3.69. The van der Waals surface area contributed by atoms with Crippen LogP contribution in [-0.2, 0) is 17.8 Å². The molecule has 3 N–H and O–H groups in total. The Kier molecular flexibility index (Phi) is 9.89. The number of nitrogens with one attached hydrogen (secondary N) is 1. The minimum atomic E-state index is -1.11. The molecule has 0 aromatic heterocycles. The van der Waals surface area contributed by atoms with Crippen LogP contribution in [0.1, 0.15) is 45.7 Å². The van der Waals surface area contributed by atoms with E-state index in [1.54, 1.807) is 25.8 Å². The number of carbonyl (C=O) groups excluding carboxylic acids is 1. The maximum Gasteiger partial charge on any atom is 0.422 e. The lowest BCUT2D eigenvalue weighted by Crippen LogP contribution is -2.61. The second-order valence-corrected chi connectivity index (χ2v) is 9.55. The van der Waals surface area contributed by atoms with E-state index in [4.69, 9.17) is 4.74 Å². The first-order valence-corrected chi connectivity index (χ1v) is 11.5. The van der Waals surface area contributed by atoms with Crippen LogP contribution in [0.3, 0.4) is 0 Å². The second kappa shape index (κ2) is 12.4. The summed E-state index contributed by atoms with van der Waals surface area (Å²) < 4.78 is 5.36. The Bertz CT molecular complexity index is 900. The summed E-state index contributed by atoms with van der Waals surface area (Å²) in [5, 5.41) is 26.7. The molecule has 2 aromatic carbocycles. The van der Waals surface area contributed by atoms with Crippen molar-refractivity contribution in [2.75, 3.05) is 6.54 Å². The van der Waals surface area contributed by atoms with Crippen LogP contribution in [0.2, 0.25) is 0 Å². The Morgan fingerprint density at radius 1 is 0.971 bits per heavy atom. The highest BCUT2D eigenvalue weighted by molar-refractivity contribution is 5.68. The van der Waals surface area contributed by atoms with Gasteiger partial charge in [0.25, 0.3) is 0 Å². The summed E-state index contributed by atoms with van der Waals surface area (Å²) in [7, 11) is 0. The van der Waals surface area contributed by atoms with Gasteiger partial charge in [-0.1, -0.05) is 60.7 Å². The summed E-state index contributed by atoms with van der Waals surface area (Å²) in [5.41, 5.74) is 1.07.